The second-order valence-electron chi connectivity index (χ2n) is 3.05. The highest BCUT2D eigenvalue weighted by atomic mass is 16.7. The van der Waals surface area contributed by atoms with E-state index < -0.39 is 24.4 Å². The first-order valence-corrected chi connectivity index (χ1v) is 3.83. The van der Waals surface area contributed by atoms with E-state index in [0.717, 1.165) is 0 Å². The summed E-state index contributed by atoms with van der Waals surface area (Å²) >= 11 is 0. The van der Waals surface area contributed by atoms with Crippen molar-refractivity contribution in [1.82, 2.24) is 0 Å². The van der Waals surface area contributed by atoms with Crippen LogP contribution in [0.3, 0.4) is 0 Å². The van der Waals surface area contributed by atoms with Gasteiger partial charge in [0.25, 0.3) is 0 Å². The Bertz CT molecular complexity index is 222. The van der Waals surface area contributed by atoms with E-state index in [-0.39, 0.29) is 6.10 Å². The van der Waals surface area contributed by atoms with Crippen LogP contribution in [-0.4, -0.2) is 41.4 Å². The lowest BCUT2D eigenvalue weighted by Crippen LogP contribution is -2.49. The molecular formula is C8H10O4. The number of ether oxygens (including phenoxy) is 2. The molecule has 2 bridgehead atoms. The molecule has 2 fully saturated rings. The summed E-state index contributed by atoms with van der Waals surface area (Å²) in [5, 5.41) is 18.8. The maximum absolute atomic E-state index is 9.47. The fourth-order valence-electron chi connectivity index (χ4n) is 1.61. The molecule has 0 amide bonds. The first-order chi connectivity index (χ1) is 5.74. The minimum atomic E-state index is -1.02. The van der Waals surface area contributed by atoms with Gasteiger partial charge >= 0.3 is 0 Å². The fraction of sp³-hybridized carbons (Fsp3) is 0.750. The number of aliphatic hydroxyl groups is 2. The summed E-state index contributed by atoms with van der Waals surface area (Å²) in [4.78, 5) is 0. The normalized spacial score (nSPS) is 51.9. The standard InChI is InChI=1S/C8H10O4/c1-2-4-5-3-11-8(12-5)7(10)6(4)9/h1,4-10H,3H2/t4-,5-,6+,7-,8+/m1/s1. The molecule has 0 aliphatic carbocycles. The Balaban J connectivity index is 2.21. The van der Waals surface area contributed by atoms with Crippen LogP contribution in [0, 0.1) is 18.3 Å². The Morgan fingerprint density at radius 3 is 2.75 bits per heavy atom. The number of fused-ring (bicyclic) bond motifs is 2. The van der Waals surface area contributed by atoms with E-state index in [1.54, 1.807) is 0 Å². The first-order valence-electron chi connectivity index (χ1n) is 3.83. The predicted octanol–water partition coefficient (Wildman–Crippen LogP) is -1.29. The minimum absolute atomic E-state index is 0.265. The zero-order chi connectivity index (χ0) is 8.72. The number of terminal acetylenes is 1. The van der Waals surface area contributed by atoms with Crippen molar-refractivity contribution in [2.24, 2.45) is 5.92 Å². The van der Waals surface area contributed by atoms with Crippen molar-refractivity contribution in [1.29, 1.82) is 0 Å². The number of aliphatic hydroxyl groups excluding tert-OH is 2. The zero-order valence-corrected chi connectivity index (χ0v) is 6.38. The van der Waals surface area contributed by atoms with Crippen molar-refractivity contribution in [2.75, 3.05) is 6.61 Å². The summed E-state index contributed by atoms with van der Waals surface area (Å²) in [6.07, 6.45) is 2.27. The molecule has 0 spiro atoms. The molecule has 0 radical (unpaired) electrons. The van der Waals surface area contributed by atoms with Crippen LogP contribution in [0.15, 0.2) is 0 Å². The quantitative estimate of drug-likeness (QED) is 0.444. The maximum atomic E-state index is 9.47. The largest absolute Gasteiger partial charge is 0.389 e. The average Bonchev–Trinajstić information content (AvgIpc) is 2.49. The molecule has 66 valence electrons. The van der Waals surface area contributed by atoms with Gasteiger partial charge in [-0.2, -0.15) is 0 Å². The van der Waals surface area contributed by atoms with Gasteiger partial charge in [-0.3, -0.25) is 0 Å². The predicted molar refractivity (Wildman–Crippen MR) is 38.9 cm³/mol. The summed E-state index contributed by atoms with van der Waals surface area (Å²) in [7, 11) is 0. The molecule has 0 aromatic rings. The van der Waals surface area contributed by atoms with E-state index in [4.69, 9.17) is 15.9 Å². The van der Waals surface area contributed by atoms with E-state index in [9.17, 15) is 10.2 Å². The van der Waals surface area contributed by atoms with Crippen LogP contribution >= 0.6 is 0 Å². The highest BCUT2D eigenvalue weighted by Crippen LogP contribution is 2.31. The number of rotatable bonds is 0. The lowest BCUT2D eigenvalue weighted by molar-refractivity contribution is -0.204. The van der Waals surface area contributed by atoms with Gasteiger partial charge in [0.1, 0.15) is 18.3 Å². The van der Waals surface area contributed by atoms with Crippen molar-refractivity contribution in [3.05, 3.63) is 0 Å². The van der Waals surface area contributed by atoms with Gasteiger partial charge in [0, 0.05) is 0 Å². The van der Waals surface area contributed by atoms with Gasteiger partial charge < -0.3 is 19.7 Å². The van der Waals surface area contributed by atoms with E-state index in [1.165, 1.54) is 0 Å². The Morgan fingerprint density at radius 1 is 1.33 bits per heavy atom. The van der Waals surface area contributed by atoms with Crippen LogP contribution in [0.2, 0.25) is 0 Å². The van der Waals surface area contributed by atoms with Crippen molar-refractivity contribution in [3.63, 3.8) is 0 Å². The van der Waals surface area contributed by atoms with Gasteiger partial charge in [0.2, 0.25) is 0 Å². The molecule has 2 aliphatic heterocycles. The van der Waals surface area contributed by atoms with Gasteiger partial charge in [0.15, 0.2) is 6.29 Å². The summed E-state index contributed by atoms with van der Waals surface area (Å²) < 4.78 is 10.3. The summed E-state index contributed by atoms with van der Waals surface area (Å²) in [6.45, 7) is 0.355. The number of hydrogen-bond donors (Lipinski definition) is 2. The van der Waals surface area contributed by atoms with Crippen LogP contribution < -0.4 is 0 Å². The molecule has 2 heterocycles. The van der Waals surface area contributed by atoms with Crippen LogP contribution in [0.25, 0.3) is 0 Å². The molecule has 0 saturated carbocycles. The molecule has 2 saturated heterocycles. The van der Waals surface area contributed by atoms with Crippen LogP contribution in [0.1, 0.15) is 0 Å². The van der Waals surface area contributed by atoms with E-state index in [0.29, 0.717) is 6.61 Å². The monoisotopic (exact) mass is 170 g/mol. The SMILES string of the molecule is C#C[C@H]1[C@H](O)[C@@H](O)[C@H]2OC[C@H]1O2. The van der Waals surface area contributed by atoms with Gasteiger partial charge in [0.05, 0.1) is 12.5 Å². The average molecular weight is 170 g/mol. The topological polar surface area (TPSA) is 58.9 Å². The second kappa shape index (κ2) is 2.71. The minimum Gasteiger partial charge on any atom is -0.389 e. The maximum Gasteiger partial charge on any atom is 0.186 e. The fourth-order valence-corrected chi connectivity index (χ4v) is 1.61. The third-order valence-electron chi connectivity index (χ3n) is 2.32. The molecule has 2 aliphatic rings. The van der Waals surface area contributed by atoms with Crippen molar-refractivity contribution >= 4 is 0 Å². The second-order valence-corrected chi connectivity index (χ2v) is 3.05. The molecule has 4 nitrogen and oxygen atoms in total. The molecule has 0 unspecified atom stereocenters. The van der Waals surface area contributed by atoms with Crippen molar-refractivity contribution in [3.8, 4) is 12.3 Å². The molecule has 5 atom stereocenters. The van der Waals surface area contributed by atoms with Gasteiger partial charge in [-0.05, 0) is 0 Å². The lowest BCUT2D eigenvalue weighted by atomic mass is 9.91. The summed E-state index contributed by atoms with van der Waals surface area (Å²) in [6, 6.07) is 0. The third-order valence-corrected chi connectivity index (χ3v) is 2.32. The zero-order valence-electron chi connectivity index (χ0n) is 6.38. The van der Waals surface area contributed by atoms with E-state index in [2.05, 4.69) is 5.92 Å². The molecule has 2 N–H and O–H groups in total. The van der Waals surface area contributed by atoms with Crippen molar-refractivity contribution in [2.45, 2.75) is 24.6 Å². The van der Waals surface area contributed by atoms with Gasteiger partial charge in [-0.25, -0.2) is 0 Å². The summed E-state index contributed by atoms with van der Waals surface area (Å²) in [5.41, 5.74) is 0. The van der Waals surface area contributed by atoms with E-state index in [1.807, 2.05) is 0 Å². The smallest absolute Gasteiger partial charge is 0.186 e. The molecule has 12 heavy (non-hydrogen) atoms. The van der Waals surface area contributed by atoms with Crippen molar-refractivity contribution < 1.29 is 19.7 Å². The Labute approximate surface area is 70.1 Å². The highest BCUT2D eigenvalue weighted by Gasteiger charge is 2.48. The first kappa shape index (κ1) is 8.02. The Kier molecular flexibility index (Phi) is 1.81. The molecule has 0 aromatic carbocycles. The molecular weight excluding hydrogens is 160 g/mol. The van der Waals surface area contributed by atoms with Gasteiger partial charge in [-0.1, -0.05) is 5.92 Å². The molecule has 2 rings (SSSR count). The lowest BCUT2D eigenvalue weighted by Gasteiger charge is -2.32. The Hall–Kier alpha value is -0.600. The van der Waals surface area contributed by atoms with Gasteiger partial charge in [-0.15, -0.1) is 6.42 Å². The van der Waals surface area contributed by atoms with Crippen LogP contribution in [-0.2, 0) is 9.47 Å². The third kappa shape index (κ3) is 0.952. The number of hydrogen-bond acceptors (Lipinski definition) is 4. The molecule has 0 aromatic heterocycles. The Morgan fingerprint density at radius 2 is 2.08 bits per heavy atom. The van der Waals surface area contributed by atoms with Crippen LogP contribution in [0.5, 0.6) is 0 Å². The molecule has 4 heteroatoms. The van der Waals surface area contributed by atoms with E-state index >= 15 is 0 Å². The highest BCUT2D eigenvalue weighted by molar-refractivity contribution is 5.07. The van der Waals surface area contributed by atoms with Crippen LogP contribution in [0.4, 0.5) is 0 Å². The summed E-state index contributed by atoms with van der Waals surface area (Å²) in [5.74, 6) is 1.94.